The fraction of sp³-hybridized carbons (Fsp3) is 0.111. The van der Waals surface area contributed by atoms with Crippen LogP contribution in [-0.4, -0.2) is 0 Å². The Bertz CT molecular complexity index is 2680. The lowest BCUT2D eigenvalue weighted by Gasteiger charge is -2.27. The fourth-order valence-corrected chi connectivity index (χ4v) is 9.99. The molecule has 0 amide bonds. The van der Waals surface area contributed by atoms with E-state index in [1.165, 1.54) is 114 Å². The maximum Gasteiger partial charge on any atom is 0.0476 e. The van der Waals surface area contributed by atoms with Gasteiger partial charge in [-0.05, 0) is 123 Å². The van der Waals surface area contributed by atoms with E-state index in [1.807, 2.05) is 11.3 Å². The highest BCUT2D eigenvalue weighted by molar-refractivity contribution is 7.25. The predicted octanol–water partition coefficient (Wildman–Crippen LogP) is 16.2. The first-order valence-electron chi connectivity index (χ1n) is 20.0. The smallest absolute Gasteiger partial charge is 0.0476 e. The zero-order valence-corrected chi connectivity index (χ0v) is 32.3. The molecule has 0 N–H and O–H groups in total. The highest BCUT2D eigenvalue weighted by Crippen LogP contribution is 2.46. The highest BCUT2D eigenvalue weighted by Gasteiger charge is 2.21. The van der Waals surface area contributed by atoms with Gasteiger partial charge in [-0.2, -0.15) is 0 Å². The second kappa shape index (κ2) is 15.1. The predicted molar refractivity (Wildman–Crippen MR) is 242 cm³/mol. The van der Waals surface area contributed by atoms with Crippen molar-refractivity contribution in [3.8, 4) is 44.5 Å². The Kier molecular flexibility index (Phi) is 9.27. The summed E-state index contributed by atoms with van der Waals surface area (Å²) in [4.78, 5) is 2.44. The topological polar surface area (TPSA) is 3.24 Å². The van der Waals surface area contributed by atoms with Gasteiger partial charge in [0.25, 0.3) is 0 Å². The third-order valence-electron chi connectivity index (χ3n) is 11.7. The summed E-state index contributed by atoms with van der Waals surface area (Å²) in [5, 5.41) is 2.65. The molecular weight excluding hydrogens is 695 g/mol. The summed E-state index contributed by atoms with van der Waals surface area (Å²) < 4.78 is 2.64. The van der Waals surface area contributed by atoms with Crippen molar-refractivity contribution in [2.24, 2.45) is 0 Å². The molecule has 1 fully saturated rings. The summed E-state index contributed by atoms with van der Waals surface area (Å²) in [5.74, 6) is 0.673. The minimum atomic E-state index is 0.673. The van der Waals surface area contributed by atoms with Gasteiger partial charge in [0.2, 0.25) is 0 Å². The number of hydrogen-bond acceptors (Lipinski definition) is 2. The molecule has 56 heavy (non-hydrogen) atoms. The molecule has 0 saturated heterocycles. The fourth-order valence-electron chi connectivity index (χ4n) is 8.85. The maximum absolute atomic E-state index is 2.44. The van der Waals surface area contributed by atoms with Gasteiger partial charge in [-0.1, -0.05) is 159 Å². The van der Waals surface area contributed by atoms with Gasteiger partial charge in [0.15, 0.2) is 0 Å². The SMILES string of the molecule is c1ccc(-c2cc(-c3ccccc3)c(-c3ccc(N(c4ccc(C5CCCCC5)cc4)c4ccc5c(c4)sc4ccccc45)cc3)c(-c3ccccc3)c2)cc1. The zero-order chi connectivity index (χ0) is 37.3. The molecular formula is C54H43NS. The maximum atomic E-state index is 2.44. The van der Waals surface area contributed by atoms with E-state index in [4.69, 9.17) is 0 Å². The lowest BCUT2D eigenvalue weighted by Crippen LogP contribution is -2.10. The summed E-state index contributed by atoms with van der Waals surface area (Å²) in [7, 11) is 0. The molecule has 10 rings (SSSR count). The first kappa shape index (κ1) is 34.3. The lowest BCUT2D eigenvalue weighted by atomic mass is 9.84. The summed E-state index contributed by atoms with van der Waals surface area (Å²) in [6.07, 6.45) is 6.65. The number of hydrogen-bond donors (Lipinski definition) is 0. The number of rotatable bonds is 8. The molecule has 8 aromatic carbocycles. The Morgan fingerprint density at radius 2 is 0.893 bits per heavy atom. The molecule has 1 nitrogen and oxygen atoms in total. The Morgan fingerprint density at radius 3 is 1.52 bits per heavy atom. The van der Waals surface area contributed by atoms with Gasteiger partial charge < -0.3 is 4.90 Å². The minimum Gasteiger partial charge on any atom is -0.310 e. The van der Waals surface area contributed by atoms with Crippen LogP contribution in [0.5, 0.6) is 0 Å². The number of anilines is 3. The van der Waals surface area contributed by atoms with Crippen molar-refractivity contribution in [3.05, 3.63) is 200 Å². The van der Waals surface area contributed by atoms with Crippen LogP contribution < -0.4 is 4.90 Å². The molecule has 0 radical (unpaired) electrons. The normalized spacial score (nSPS) is 13.3. The second-order valence-electron chi connectivity index (χ2n) is 15.1. The summed E-state index contributed by atoms with van der Waals surface area (Å²) in [5.41, 5.74) is 14.7. The van der Waals surface area contributed by atoms with E-state index >= 15 is 0 Å². The Labute approximate surface area is 334 Å². The van der Waals surface area contributed by atoms with Crippen LogP contribution in [0.15, 0.2) is 194 Å². The molecule has 0 aliphatic heterocycles. The molecule has 270 valence electrons. The molecule has 1 saturated carbocycles. The average molecular weight is 738 g/mol. The largest absolute Gasteiger partial charge is 0.310 e. The Balaban J connectivity index is 1.12. The molecule has 0 spiro atoms. The molecule has 0 atom stereocenters. The molecule has 0 unspecified atom stereocenters. The van der Waals surface area contributed by atoms with E-state index < -0.39 is 0 Å². The first-order valence-corrected chi connectivity index (χ1v) is 20.8. The van der Waals surface area contributed by atoms with Crippen molar-refractivity contribution in [2.45, 2.75) is 38.0 Å². The van der Waals surface area contributed by atoms with E-state index in [-0.39, 0.29) is 0 Å². The minimum absolute atomic E-state index is 0.673. The Morgan fingerprint density at radius 1 is 0.375 bits per heavy atom. The van der Waals surface area contributed by atoms with Crippen LogP contribution in [0.4, 0.5) is 17.1 Å². The van der Waals surface area contributed by atoms with Gasteiger partial charge in [-0.3, -0.25) is 0 Å². The highest BCUT2D eigenvalue weighted by atomic mass is 32.1. The van der Waals surface area contributed by atoms with Gasteiger partial charge in [0, 0.05) is 37.2 Å². The molecule has 1 aromatic heterocycles. The number of benzene rings is 8. The van der Waals surface area contributed by atoms with E-state index in [2.05, 4.69) is 199 Å². The van der Waals surface area contributed by atoms with Crippen molar-refractivity contribution < 1.29 is 0 Å². The molecule has 1 aliphatic rings. The van der Waals surface area contributed by atoms with Crippen LogP contribution in [0, 0.1) is 0 Å². The van der Waals surface area contributed by atoms with Crippen molar-refractivity contribution in [3.63, 3.8) is 0 Å². The zero-order valence-electron chi connectivity index (χ0n) is 31.4. The standard InChI is InChI=1S/C54H43NS/c1-5-15-38(16-6-1)40-25-29-45(30-26-40)55(47-33-34-49-48-23-13-14-24-52(48)56-53(49)37-47)46-31-27-43(28-32-46)54-50(41-19-9-3-10-20-41)35-44(39-17-7-2-8-18-39)36-51(54)42-21-11-4-12-22-42/h2-4,7-14,17-38H,1,5-6,15-16H2. The molecule has 1 aliphatic carbocycles. The van der Waals surface area contributed by atoms with Crippen LogP contribution >= 0.6 is 11.3 Å². The third-order valence-corrected chi connectivity index (χ3v) is 12.8. The number of fused-ring (bicyclic) bond motifs is 3. The van der Waals surface area contributed by atoms with Gasteiger partial charge in [0.1, 0.15) is 0 Å². The molecule has 1 heterocycles. The average Bonchev–Trinajstić information content (AvgIpc) is 3.66. The summed E-state index contributed by atoms with van der Waals surface area (Å²) in [6, 6.07) is 71.7. The number of thiophene rings is 1. The summed E-state index contributed by atoms with van der Waals surface area (Å²) in [6.45, 7) is 0. The van der Waals surface area contributed by atoms with Crippen molar-refractivity contribution in [1.82, 2.24) is 0 Å². The third kappa shape index (κ3) is 6.61. The van der Waals surface area contributed by atoms with Gasteiger partial charge in [-0.25, -0.2) is 0 Å². The number of nitrogens with zero attached hydrogens (tertiary/aromatic N) is 1. The van der Waals surface area contributed by atoms with E-state index in [1.54, 1.807) is 0 Å². The van der Waals surface area contributed by atoms with Crippen LogP contribution in [0.1, 0.15) is 43.6 Å². The van der Waals surface area contributed by atoms with Crippen molar-refractivity contribution in [2.75, 3.05) is 4.90 Å². The van der Waals surface area contributed by atoms with Crippen LogP contribution in [0.25, 0.3) is 64.7 Å². The van der Waals surface area contributed by atoms with Gasteiger partial charge in [0.05, 0.1) is 0 Å². The summed E-state index contributed by atoms with van der Waals surface area (Å²) >= 11 is 1.88. The van der Waals surface area contributed by atoms with Crippen LogP contribution in [0.3, 0.4) is 0 Å². The second-order valence-corrected chi connectivity index (χ2v) is 16.2. The molecule has 2 heteroatoms. The quantitative estimate of drug-likeness (QED) is 0.150. The van der Waals surface area contributed by atoms with Gasteiger partial charge >= 0.3 is 0 Å². The monoisotopic (exact) mass is 737 g/mol. The lowest BCUT2D eigenvalue weighted by molar-refractivity contribution is 0.443. The van der Waals surface area contributed by atoms with Crippen molar-refractivity contribution in [1.29, 1.82) is 0 Å². The van der Waals surface area contributed by atoms with E-state index in [9.17, 15) is 0 Å². The van der Waals surface area contributed by atoms with Crippen LogP contribution in [0.2, 0.25) is 0 Å². The van der Waals surface area contributed by atoms with Crippen LogP contribution in [-0.2, 0) is 0 Å². The Hall–Kier alpha value is -6.22. The van der Waals surface area contributed by atoms with E-state index in [0.717, 1.165) is 5.69 Å². The van der Waals surface area contributed by atoms with Gasteiger partial charge in [-0.15, -0.1) is 11.3 Å². The van der Waals surface area contributed by atoms with Crippen molar-refractivity contribution >= 4 is 48.6 Å². The molecule has 9 aromatic rings. The molecule has 0 bridgehead atoms. The van der Waals surface area contributed by atoms with E-state index in [0.29, 0.717) is 5.92 Å². The first-order chi connectivity index (χ1) is 27.8.